The molecule has 0 saturated carbocycles. The molecule has 0 radical (unpaired) electrons. The van der Waals surface area contributed by atoms with E-state index in [-0.39, 0.29) is 12.3 Å². The Labute approximate surface area is 169 Å². The minimum atomic E-state index is -3.41. The maximum absolute atomic E-state index is 12.3. The number of aliphatic carboxylic acids is 1. The van der Waals surface area contributed by atoms with Crippen LogP contribution in [0.25, 0.3) is 11.0 Å². The molecule has 0 atom stereocenters. The first-order chi connectivity index (χ1) is 13.9. The summed E-state index contributed by atoms with van der Waals surface area (Å²) in [6.45, 7) is -0.388. The number of sulfonamides is 1. The van der Waals surface area contributed by atoms with Gasteiger partial charge in [-0.3, -0.25) is 0 Å². The highest BCUT2D eigenvalue weighted by Gasteiger charge is 2.15. The number of hydrogen-bond donors (Lipinski definition) is 2. The zero-order valence-electron chi connectivity index (χ0n) is 15.8. The molecular weight excluding hydrogens is 394 g/mol. The quantitative estimate of drug-likeness (QED) is 0.464. The van der Waals surface area contributed by atoms with Crippen molar-refractivity contribution in [3.05, 3.63) is 65.9 Å². The minimum Gasteiger partial charge on any atom is -0.479 e. The number of carbonyl (C=O) groups is 1. The number of hydrogen-bond acceptors (Lipinski definition) is 5. The van der Waals surface area contributed by atoms with Gasteiger partial charge in [0.05, 0.1) is 12.0 Å². The average Bonchev–Trinajstić information content (AvgIpc) is 3.13. The van der Waals surface area contributed by atoms with Crippen LogP contribution in [0.4, 0.5) is 0 Å². The van der Waals surface area contributed by atoms with Gasteiger partial charge in [0.25, 0.3) is 0 Å². The third-order valence-corrected chi connectivity index (χ3v) is 5.86. The summed E-state index contributed by atoms with van der Waals surface area (Å²) in [4.78, 5) is 10.7. The van der Waals surface area contributed by atoms with E-state index in [1.807, 2.05) is 30.3 Å². The summed E-state index contributed by atoms with van der Waals surface area (Å²) in [7, 11) is -3.41. The first-order valence-electron chi connectivity index (χ1n) is 9.29. The Morgan fingerprint density at radius 3 is 2.62 bits per heavy atom. The van der Waals surface area contributed by atoms with Crippen LogP contribution in [0.1, 0.15) is 24.0 Å². The van der Waals surface area contributed by atoms with Crippen molar-refractivity contribution in [1.82, 2.24) is 4.72 Å². The van der Waals surface area contributed by atoms with Crippen molar-refractivity contribution in [2.45, 2.75) is 25.8 Å². The topological polar surface area (TPSA) is 106 Å². The molecule has 0 aliphatic heterocycles. The Balaban J connectivity index is 1.54. The van der Waals surface area contributed by atoms with E-state index in [0.29, 0.717) is 28.7 Å². The summed E-state index contributed by atoms with van der Waals surface area (Å²) in [6, 6.07) is 15.1. The highest BCUT2D eigenvalue weighted by molar-refractivity contribution is 7.89. The number of benzene rings is 2. The van der Waals surface area contributed by atoms with Crippen LogP contribution in [-0.2, 0) is 27.8 Å². The van der Waals surface area contributed by atoms with Gasteiger partial charge in [-0.1, -0.05) is 42.5 Å². The molecule has 154 valence electrons. The number of furan rings is 1. The van der Waals surface area contributed by atoms with Gasteiger partial charge in [-0.25, -0.2) is 17.9 Å². The van der Waals surface area contributed by atoms with Gasteiger partial charge < -0.3 is 14.3 Å². The van der Waals surface area contributed by atoms with Crippen LogP contribution in [0.5, 0.6) is 5.75 Å². The molecule has 2 aromatic carbocycles. The summed E-state index contributed by atoms with van der Waals surface area (Å²) >= 11 is 0. The summed E-state index contributed by atoms with van der Waals surface area (Å²) in [5.41, 5.74) is 2.25. The Hall–Kier alpha value is -2.84. The summed E-state index contributed by atoms with van der Waals surface area (Å²) < 4.78 is 37.9. The van der Waals surface area contributed by atoms with Crippen LogP contribution in [0.2, 0.25) is 0 Å². The average molecular weight is 417 g/mol. The molecule has 0 spiro atoms. The first-order valence-corrected chi connectivity index (χ1v) is 10.9. The molecule has 0 bridgehead atoms. The zero-order chi connectivity index (χ0) is 20.7. The highest BCUT2D eigenvalue weighted by atomic mass is 32.2. The number of unbranched alkanes of at least 4 members (excludes halogenated alkanes) is 1. The molecule has 0 unspecified atom stereocenters. The van der Waals surface area contributed by atoms with Crippen molar-refractivity contribution >= 4 is 27.0 Å². The molecule has 3 aromatic rings. The number of rotatable bonds is 11. The number of aryl methyl sites for hydroxylation is 1. The van der Waals surface area contributed by atoms with Crippen molar-refractivity contribution < 1.29 is 27.5 Å². The smallest absolute Gasteiger partial charge is 0.341 e. The zero-order valence-corrected chi connectivity index (χ0v) is 16.7. The van der Waals surface area contributed by atoms with Crippen molar-refractivity contribution in [2.24, 2.45) is 0 Å². The van der Waals surface area contributed by atoms with E-state index in [1.165, 1.54) is 11.8 Å². The van der Waals surface area contributed by atoms with Crippen LogP contribution in [-0.4, -0.2) is 31.9 Å². The SMILES string of the molecule is O=C(O)COc1cccc2c(CNS(=O)(=O)CCCCc3ccccc3)coc12. The first kappa shape index (κ1) is 20.9. The minimum absolute atomic E-state index is 0.0581. The molecule has 0 saturated heterocycles. The van der Waals surface area contributed by atoms with E-state index in [4.69, 9.17) is 14.3 Å². The van der Waals surface area contributed by atoms with Gasteiger partial charge in [-0.15, -0.1) is 0 Å². The molecule has 0 aliphatic carbocycles. The number of carboxylic acid groups (broad SMARTS) is 1. The van der Waals surface area contributed by atoms with E-state index in [2.05, 4.69) is 4.72 Å². The van der Waals surface area contributed by atoms with Gasteiger partial charge in [0, 0.05) is 17.5 Å². The Morgan fingerprint density at radius 2 is 1.86 bits per heavy atom. The molecule has 0 aliphatic rings. The predicted molar refractivity (Wildman–Crippen MR) is 109 cm³/mol. The third kappa shape index (κ3) is 6.07. The Morgan fingerprint density at radius 1 is 1.07 bits per heavy atom. The van der Waals surface area contributed by atoms with Crippen molar-refractivity contribution in [3.8, 4) is 5.75 Å². The highest BCUT2D eigenvalue weighted by Crippen LogP contribution is 2.29. The molecule has 3 rings (SSSR count). The number of ether oxygens (including phenoxy) is 1. The van der Waals surface area contributed by atoms with E-state index in [9.17, 15) is 13.2 Å². The lowest BCUT2D eigenvalue weighted by Crippen LogP contribution is -2.25. The van der Waals surface area contributed by atoms with E-state index in [1.54, 1.807) is 18.2 Å². The predicted octanol–water partition coefficient (Wildman–Crippen LogP) is 3.34. The van der Waals surface area contributed by atoms with E-state index >= 15 is 0 Å². The second-order valence-corrected chi connectivity index (χ2v) is 8.59. The maximum atomic E-state index is 12.3. The van der Waals surface area contributed by atoms with Crippen molar-refractivity contribution in [2.75, 3.05) is 12.4 Å². The standard InChI is InChI=1S/C21H23NO6S/c23-20(24)15-27-19-11-6-10-18-17(14-28-21(18)19)13-22-29(25,26)12-5-4-9-16-7-2-1-3-8-16/h1-3,6-8,10-11,14,22H,4-5,9,12-13,15H2,(H,23,24). The van der Waals surface area contributed by atoms with E-state index in [0.717, 1.165) is 12.8 Å². The Bertz CT molecular complexity index is 1060. The van der Waals surface area contributed by atoms with Gasteiger partial charge in [0.2, 0.25) is 10.0 Å². The summed E-state index contributed by atoms with van der Waals surface area (Å²) in [5.74, 6) is -0.725. The lowest BCUT2D eigenvalue weighted by Gasteiger charge is -2.07. The molecule has 2 N–H and O–H groups in total. The number of nitrogens with one attached hydrogen (secondary N) is 1. The molecule has 1 aromatic heterocycles. The lowest BCUT2D eigenvalue weighted by atomic mass is 10.1. The van der Waals surface area contributed by atoms with Crippen LogP contribution in [0.15, 0.2) is 59.2 Å². The normalized spacial score (nSPS) is 11.6. The molecule has 1 heterocycles. The molecule has 8 heteroatoms. The summed E-state index contributed by atoms with van der Waals surface area (Å²) in [6.07, 6.45) is 3.67. The summed E-state index contributed by atoms with van der Waals surface area (Å²) in [5, 5.41) is 9.43. The molecule has 29 heavy (non-hydrogen) atoms. The van der Waals surface area contributed by atoms with Crippen LogP contribution < -0.4 is 9.46 Å². The second kappa shape index (κ2) is 9.58. The maximum Gasteiger partial charge on any atom is 0.341 e. The van der Waals surface area contributed by atoms with Crippen LogP contribution in [0.3, 0.4) is 0 Å². The third-order valence-electron chi connectivity index (χ3n) is 4.45. The van der Waals surface area contributed by atoms with E-state index < -0.39 is 22.6 Å². The molecule has 0 amide bonds. The largest absolute Gasteiger partial charge is 0.479 e. The van der Waals surface area contributed by atoms with Crippen molar-refractivity contribution in [3.63, 3.8) is 0 Å². The molecule has 7 nitrogen and oxygen atoms in total. The number of para-hydroxylation sites is 1. The fraction of sp³-hybridized carbons (Fsp3) is 0.286. The number of fused-ring (bicyclic) bond motifs is 1. The second-order valence-electron chi connectivity index (χ2n) is 6.66. The lowest BCUT2D eigenvalue weighted by molar-refractivity contribution is -0.139. The monoisotopic (exact) mass is 417 g/mol. The molecule has 0 fully saturated rings. The van der Waals surface area contributed by atoms with Gasteiger partial charge in [-0.2, -0.15) is 0 Å². The van der Waals surface area contributed by atoms with Gasteiger partial charge >= 0.3 is 5.97 Å². The number of carboxylic acids is 1. The fourth-order valence-corrected chi connectivity index (χ4v) is 4.10. The van der Waals surface area contributed by atoms with Gasteiger partial charge in [0.15, 0.2) is 17.9 Å². The van der Waals surface area contributed by atoms with Crippen LogP contribution in [0, 0.1) is 0 Å². The fourth-order valence-electron chi connectivity index (χ4n) is 3.00. The van der Waals surface area contributed by atoms with Gasteiger partial charge in [0.1, 0.15) is 0 Å². The van der Waals surface area contributed by atoms with Crippen molar-refractivity contribution in [1.29, 1.82) is 0 Å². The van der Waals surface area contributed by atoms with Gasteiger partial charge in [-0.05, 0) is 30.9 Å². The van der Waals surface area contributed by atoms with Crippen LogP contribution >= 0.6 is 0 Å². The Kier molecular flexibility index (Phi) is 6.90. The molecular formula is C21H23NO6S.